The fraction of sp³-hybridized carbons (Fsp3) is 0.769. The van der Waals surface area contributed by atoms with Gasteiger partial charge in [0.1, 0.15) is 0 Å². The molecule has 0 aliphatic rings. The normalized spacial score (nSPS) is 12.9. The zero-order valence-corrected chi connectivity index (χ0v) is 11.2. The quantitative estimate of drug-likeness (QED) is 0.494. The van der Waals surface area contributed by atoms with Gasteiger partial charge < -0.3 is 4.74 Å². The lowest BCUT2D eigenvalue weighted by Gasteiger charge is -2.26. The van der Waals surface area contributed by atoms with Crippen molar-refractivity contribution in [3.63, 3.8) is 0 Å². The third kappa shape index (κ3) is 5.91. The molecule has 0 saturated heterocycles. The van der Waals surface area contributed by atoms with Gasteiger partial charge in [-0.1, -0.05) is 20.4 Å². The highest BCUT2D eigenvalue weighted by Crippen LogP contribution is 2.11. The molecule has 16 heavy (non-hydrogen) atoms. The van der Waals surface area contributed by atoms with Gasteiger partial charge in [0.25, 0.3) is 0 Å². The van der Waals surface area contributed by atoms with Gasteiger partial charge in [0.05, 0.1) is 6.61 Å². The number of ether oxygens (including phenoxy) is 1. The molecule has 1 atom stereocenters. The lowest BCUT2D eigenvalue weighted by Crippen LogP contribution is -2.33. The highest BCUT2D eigenvalue weighted by Gasteiger charge is 2.15. The van der Waals surface area contributed by atoms with Crippen LogP contribution >= 0.6 is 0 Å². The van der Waals surface area contributed by atoms with Gasteiger partial charge in [-0.25, -0.2) is 4.79 Å². The van der Waals surface area contributed by atoms with E-state index in [1.54, 1.807) is 6.92 Å². The minimum Gasteiger partial charge on any atom is -0.463 e. The number of nitrogens with zero attached hydrogens (tertiary/aromatic N) is 1. The van der Waals surface area contributed by atoms with Crippen molar-refractivity contribution in [2.24, 2.45) is 5.92 Å². The summed E-state index contributed by atoms with van der Waals surface area (Å²) < 4.78 is 4.90. The Kier molecular flexibility index (Phi) is 7.06. The molecule has 3 nitrogen and oxygen atoms in total. The van der Waals surface area contributed by atoms with E-state index in [-0.39, 0.29) is 5.97 Å². The van der Waals surface area contributed by atoms with E-state index in [0.717, 1.165) is 6.42 Å². The molecule has 0 aromatic heterocycles. The van der Waals surface area contributed by atoms with E-state index in [0.29, 0.717) is 30.7 Å². The maximum atomic E-state index is 11.4. The number of esters is 1. The molecule has 0 aromatic rings. The number of rotatable bonds is 7. The molecule has 0 heterocycles. The average Bonchev–Trinajstić information content (AvgIpc) is 2.16. The molecule has 0 aliphatic carbocycles. The van der Waals surface area contributed by atoms with Crippen molar-refractivity contribution in [2.45, 2.75) is 40.2 Å². The minimum atomic E-state index is -0.286. The van der Waals surface area contributed by atoms with Crippen molar-refractivity contribution >= 4 is 5.97 Å². The first-order chi connectivity index (χ1) is 7.38. The van der Waals surface area contributed by atoms with Crippen molar-refractivity contribution in [2.75, 3.05) is 20.2 Å². The molecule has 0 saturated carbocycles. The summed E-state index contributed by atoms with van der Waals surface area (Å²) in [5.41, 5.74) is 0.528. The number of likely N-dealkylation sites (N-methyl/N-ethyl adjacent to an activating group) is 1. The first-order valence-electron chi connectivity index (χ1n) is 5.93. The molecule has 0 aromatic carbocycles. The van der Waals surface area contributed by atoms with Gasteiger partial charge in [-0.15, -0.1) is 0 Å². The zero-order chi connectivity index (χ0) is 12.7. The molecule has 3 heteroatoms. The number of hydrogen-bond donors (Lipinski definition) is 0. The molecule has 0 aliphatic heterocycles. The van der Waals surface area contributed by atoms with Crippen LogP contribution in [0.5, 0.6) is 0 Å². The molecule has 0 spiro atoms. The topological polar surface area (TPSA) is 29.5 Å². The van der Waals surface area contributed by atoms with Gasteiger partial charge in [-0.2, -0.15) is 0 Å². The van der Waals surface area contributed by atoms with Crippen LogP contribution in [0.25, 0.3) is 0 Å². The summed E-state index contributed by atoms with van der Waals surface area (Å²) in [6.07, 6.45) is 1.12. The average molecular weight is 227 g/mol. The number of hydrogen-bond acceptors (Lipinski definition) is 3. The van der Waals surface area contributed by atoms with Gasteiger partial charge in [0.2, 0.25) is 0 Å². The summed E-state index contributed by atoms with van der Waals surface area (Å²) >= 11 is 0. The van der Waals surface area contributed by atoms with Crippen LogP contribution in [0.15, 0.2) is 12.2 Å². The van der Waals surface area contributed by atoms with Gasteiger partial charge in [0, 0.05) is 18.2 Å². The van der Waals surface area contributed by atoms with Gasteiger partial charge in [-0.3, -0.25) is 4.90 Å². The Morgan fingerprint density at radius 1 is 1.38 bits per heavy atom. The van der Waals surface area contributed by atoms with E-state index >= 15 is 0 Å². The number of carbonyl (C=O) groups excluding carboxylic acids is 1. The fourth-order valence-electron chi connectivity index (χ4n) is 1.62. The van der Waals surface area contributed by atoms with Crippen LogP contribution in [0.4, 0.5) is 0 Å². The second kappa shape index (κ2) is 7.44. The van der Waals surface area contributed by atoms with Crippen LogP contribution in [-0.2, 0) is 9.53 Å². The van der Waals surface area contributed by atoms with Crippen LogP contribution < -0.4 is 0 Å². The molecule has 0 radical (unpaired) electrons. The largest absolute Gasteiger partial charge is 0.463 e. The Labute approximate surface area is 99.5 Å². The van der Waals surface area contributed by atoms with E-state index < -0.39 is 0 Å². The van der Waals surface area contributed by atoms with Gasteiger partial charge >= 0.3 is 5.97 Å². The maximum Gasteiger partial charge on any atom is 0.334 e. The minimum absolute atomic E-state index is 0.286. The molecule has 1 unspecified atom stereocenters. The molecule has 94 valence electrons. The summed E-state index contributed by atoms with van der Waals surface area (Å²) in [4.78, 5) is 13.5. The monoisotopic (exact) mass is 227 g/mol. The second-order valence-corrected chi connectivity index (χ2v) is 4.72. The van der Waals surface area contributed by atoms with Crippen molar-refractivity contribution in [1.82, 2.24) is 4.90 Å². The van der Waals surface area contributed by atoms with Crippen molar-refractivity contribution in [1.29, 1.82) is 0 Å². The van der Waals surface area contributed by atoms with Crippen LogP contribution in [0, 0.1) is 5.92 Å². The van der Waals surface area contributed by atoms with Crippen LogP contribution in [0.3, 0.4) is 0 Å². The van der Waals surface area contributed by atoms with E-state index in [2.05, 4.69) is 32.3 Å². The van der Waals surface area contributed by atoms with Crippen LogP contribution in [0.2, 0.25) is 0 Å². The summed E-state index contributed by atoms with van der Waals surface area (Å²) in [6, 6.07) is 0.450. The van der Waals surface area contributed by atoms with E-state index in [4.69, 9.17) is 4.74 Å². The van der Waals surface area contributed by atoms with E-state index in [9.17, 15) is 4.79 Å². The van der Waals surface area contributed by atoms with Crippen LogP contribution in [0.1, 0.15) is 34.1 Å². The SMILES string of the molecule is C=C(CN(C)C(C)CC(C)C)C(=O)OCC. The number of carbonyl (C=O) groups is 1. The molecular formula is C13H25NO2. The Bertz CT molecular complexity index is 236. The standard InChI is InChI=1S/C13H25NO2/c1-7-16-13(15)11(4)9-14(6)12(5)8-10(2)3/h10,12H,4,7-9H2,1-3,5-6H3. The second-order valence-electron chi connectivity index (χ2n) is 4.72. The van der Waals surface area contributed by atoms with Crippen LogP contribution in [-0.4, -0.2) is 37.1 Å². The fourth-order valence-corrected chi connectivity index (χ4v) is 1.62. The highest BCUT2D eigenvalue weighted by atomic mass is 16.5. The highest BCUT2D eigenvalue weighted by molar-refractivity contribution is 5.88. The molecule has 0 rings (SSSR count). The smallest absolute Gasteiger partial charge is 0.334 e. The van der Waals surface area contributed by atoms with Crippen molar-refractivity contribution in [3.8, 4) is 0 Å². The third-order valence-corrected chi connectivity index (χ3v) is 2.57. The van der Waals surface area contributed by atoms with Crippen molar-refractivity contribution < 1.29 is 9.53 Å². The molecule has 0 bridgehead atoms. The van der Waals surface area contributed by atoms with Gasteiger partial charge in [0.15, 0.2) is 0 Å². The summed E-state index contributed by atoms with van der Waals surface area (Å²) in [6.45, 7) is 13.1. The van der Waals surface area contributed by atoms with Crippen molar-refractivity contribution in [3.05, 3.63) is 12.2 Å². The third-order valence-electron chi connectivity index (χ3n) is 2.57. The Morgan fingerprint density at radius 2 is 1.94 bits per heavy atom. The predicted molar refractivity (Wildman–Crippen MR) is 67.3 cm³/mol. The summed E-state index contributed by atoms with van der Waals surface area (Å²) in [5.74, 6) is 0.374. The lowest BCUT2D eigenvalue weighted by molar-refractivity contribution is -0.138. The van der Waals surface area contributed by atoms with E-state index in [1.807, 2.05) is 7.05 Å². The first kappa shape index (κ1) is 15.2. The zero-order valence-electron chi connectivity index (χ0n) is 11.2. The molecule has 0 amide bonds. The Morgan fingerprint density at radius 3 is 2.38 bits per heavy atom. The predicted octanol–water partition coefficient (Wildman–Crippen LogP) is 2.47. The maximum absolute atomic E-state index is 11.4. The summed E-state index contributed by atoms with van der Waals surface area (Å²) in [5, 5.41) is 0. The summed E-state index contributed by atoms with van der Waals surface area (Å²) in [7, 11) is 2.01. The lowest BCUT2D eigenvalue weighted by atomic mass is 10.0. The molecule has 0 fully saturated rings. The Balaban J connectivity index is 4.07. The Hall–Kier alpha value is -0.830. The molecule has 0 N–H and O–H groups in total. The van der Waals surface area contributed by atoms with E-state index in [1.165, 1.54) is 0 Å². The first-order valence-corrected chi connectivity index (χ1v) is 5.93. The molecular weight excluding hydrogens is 202 g/mol. The van der Waals surface area contributed by atoms with Gasteiger partial charge in [-0.05, 0) is 33.2 Å².